The molecule has 0 saturated heterocycles. The van der Waals surface area contributed by atoms with Crippen LogP contribution < -0.4 is 14.9 Å². The number of nitrogens with zero attached hydrogens (tertiary/aromatic N) is 1. The number of hydrogen-bond acceptors (Lipinski definition) is 4. The standard InChI is InChI=1S/C18H16N2O3/c1-3-10-23-17-9-4-6-14(11-17)13-19-20-18(21)15-7-5-8-16(12-15)22-2/h1,4-9,11-13H,10H2,2H3,(H,20,21)/b19-13-. The number of hydrogen-bond donors (Lipinski definition) is 1. The molecule has 1 N–H and O–H groups in total. The van der Waals surface area contributed by atoms with Gasteiger partial charge in [-0.1, -0.05) is 24.1 Å². The van der Waals surface area contributed by atoms with Crippen LogP contribution in [0.3, 0.4) is 0 Å². The molecule has 5 heteroatoms. The van der Waals surface area contributed by atoms with Gasteiger partial charge in [-0.15, -0.1) is 6.42 Å². The van der Waals surface area contributed by atoms with Crippen LogP contribution in [0.1, 0.15) is 15.9 Å². The lowest BCUT2D eigenvalue weighted by atomic mass is 10.2. The molecule has 5 nitrogen and oxygen atoms in total. The van der Waals surface area contributed by atoms with Crippen molar-refractivity contribution in [3.8, 4) is 23.8 Å². The number of carbonyl (C=O) groups is 1. The molecule has 0 radical (unpaired) electrons. The van der Waals surface area contributed by atoms with E-state index in [2.05, 4.69) is 16.4 Å². The van der Waals surface area contributed by atoms with Crippen molar-refractivity contribution < 1.29 is 14.3 Å². The third-order valence-corrected chi connectivity index (χ3v) is 2.89. The molecular formula is C18H16N2O3. The van der Waals surface area contributed by atoms with Gasteiger partial charge in [0.05, 0.1) is 13.3 Å². The van der Waals surface area contributed by atoms with Gasteiger partial charge in [0.25, 0.3) is 5.91 Å². The summed E-state index contributed by atoms with van der Waals surface area (Å²) in [5, 5.41) is 3.93. The summed E-state index contributed by atoms with van der Waals surface area (Å²) >= 11 is 0. The van der Waals surface area contributed by atoms with E-state index < -0.39 is 0 Å². The largest absolute Gasteiger partial charge is 0.497 e. The number of methoxy groups -OCH3 is 1. The zero-order valence-electron chi connectivity index (χ0n) is 12.7. The van der Waals surface area contributed by atoms with Gasteiger partial charge in [0.2, 0.25) is 0 Å². The van der Waals surface area contributed by atoms with E-state index in [1.54, 1.807) is 43.5 Å². The Bertz CT molecular complexity index is 748. The smallest absolute Gasteiger partial charge is 0.271 e. The summed E-state index contributed by atoms with van der Waals surface area (Å²) in [4.78, 5) is 12.0. The second kappa shape index (κ2) is 8.25. The van der Waals surface area contributed by atoms with Crippen LogP contribution in [0.25, 0.3) is 0 Å². The van der Waals surface area contributed by atoms with Crippen molar-refractivity contribution in [3.05, 3.63) is 59.7 Å². The number of benzene rings is 2. The van der Waals surface area contributed by atoms with E-state index in [9.17, 15) is 4.79 Å². The van der Waals surface area contributed by atoms with Gasteiger partial charge in [-0.25, -0.2) is 5.43 Å². The van der Waals surface area contributed by atoms with Gasteiger partial charge in [-0.05, 0) is 35.9 Å². The van der Waals surface area contributed by atoms with Crippen molar-refractivity contribution in [2.24, 2.45) is 5.10 Å². The molecule has 0 heterocycles. The first-order valence-electron chi connectivity index (χ1n) is 6.86. The van der Waals surface area contributed by atoms with Crippen molar-refractivity contribution >= 4 is 12.1 Å². The van der Waals surface area contributed by atoms with E-state index >= 15 is 0 Å². The van der Waals surface area contributed by atoms with E-state index in [0.717, 1.165) is 5.56 Å². The predicted octanol–water partition coefficient (Wildman–Crippen LogP) is 2.47. The molecule has 116 valence electrons. The monoisotopic (exact) mass is 308 g/mol. The summed E-state index contributed by atoms with van der Waals surface area (Å²) in [6.45, 7) is 0.202. The highest BCUT2D eigenvalue weighted by atomic mass is 16.5. The highest BCUT2D eigenvalue weighted by Crippen LogP contribution is 2.13. The van der Waals surface area contributed by atoms with Crippen LogP contribution >= 0.6 is 0 Å². The maximum absolute atomic E-state index is 12.0. The average Bonchev–Trinajstić information content (AvgIpc) is 2.60. The fourth-order valence-corrected chi connectivity index (χ4v) is 1.80. The van der Waals surface area contributed by atoms with Gasteiger partial charge in [0, 0.05) is 5.56 Å². The quantitative estimate of drug-likeness (QED) is 0.506. The molecule has 0 spiro atoms. The lowest BCUT2D eigenvalue weighted by Gasteiger charge is -2.04. The number of rotatable bonds is 6. The molecule has 0 atom stereocenters. The van der Waals surface area contributed by atoms with Gasteiger partial charge in [0.15, 0.2) is 0 Å². The molecule has 2 rings (SSSR count). The van der Waals surface area contributed by atoms with Gasteiger partial charge in [-0.3, -0.25) is 4.79 Å². The van der Waals surface area contributed by atoms with Crippen LogP contribution in [-0.4, -0.2) is 25.8 Å². The number of ether oxygens (including phenoxy) is 2. The van der Waals surface area contributed by atoms with E-state index in [1.807, 2.05) is 12.1 Å². The van der Waals surface area contributed by atoms with Crippen molar-refractivity contribution in [2.75, 3.05) is 13.7 Å². The summed E-state index contributed by atoms with van der Waals surface area (Å²) in [5.41, 5.74) is 3.71. The number of nitrogens with one attached hydrogen (secondary N) is 1. The molecule has 0 aliphatic rings. The highest BCUT2D eigenvalue weighted by molar-refractivity contribution is 5.95. The Morgan fingerprint density at radius 3 is 2.83 bits per heavy atom. The highest BCUT2D eigenvalue weighted by Gasteiger charge is 2.04. The van der Waals surface area contributed by atoms with Crippen molar-refractivity contribution in [2.45, 2.75) is 0 Å². The van der Waals surface area contributed by atoms with Crippen LogP contribution in [0.15, 0.2) is 53.6 Å². The van der Waals surface area contributed by atoms with E-state index in [1.165, 1.54) is 6.21 Å². The van der Waals surface area contributed by atoms with E-state index in [0.29, 0.717) is 17.1 Å². The normalized spacial score (nSPS) is 10.1. The lowest BCUT2D eigenvalue weighted by molar-refractivity contribution is 0.0955. The van der Waals surface area contributed by atoms with Crippen LogP contribution in [-0.2, 0) is 0 Å². The number of terminal acetylenes is 1. The molecule has 0 fully saturated rings. The number of amides is 1. The maximum Gasteiger partial charge on any atom is 0.271 e. The summed E-state index contributed by atoms with van der Waals surface area (Å²) in [6.07, 6.45) is 6.67. The first-order chi connectivity index (χ1) is 11.2. The minimum absolute atomic E-state index is 0.202. The van der Waals surface area contributed by atoms with E-state index in [4.69, 9.17) is 15.9 Å². The fraction of sp³-hybridized carbons (Fsp3) is 0.111. The Hall–Kier alpha value is -3.26. The number of hydrazone groups is 1. The Morgan fingerprint density at radius 2 is 2.04 bits per heavy atom. The minimum Gasteiger partial charge on any atom is -0.497 e. The SMILES string of the molecule is C#CCOc1cccc(/C=N\NC(=O)c2cccc(OC)c2)c1. The maximum atomic E-state index is 12.0. The van der Waals surface area contributed by atoms with Gasteiger partial charge < -0.3 is 9.47 Å². The molecule has 23 heavy (non-hydrogen) atoms. The van der Waals surface area contributed by atoms with Gasteiger partial charge in [-0.2, -0.15) is 5.10 Å². The Morgan fingerprint density at radius 1 is 1.26 bits per heavy atom. The molecular weight excluding hydrogens is 292 g/mol. The lowest BCUT2D eigenvalue weighted by Crippen LogP contribution is -2.17. The summed E-state index contributed by atoms with van der Waals surface area (Å²) in [5.74, 6) is 3.33. The third kappa shape index (κ3) is 4.90. The van der Waals surface area contributed by atoms with Crippen molar-refractivity contribution in [3.63, 3.8) is 0 Å². The Kier molecular flexibility index (Phi) is 5.78. The van der Waals surface area contributed by atoms with Crippen LogP contribution in [0.2, 0.25) is 0 Å². The summed E-state index contributed by atoms with van der Waals surface area (Å²) in [6, 6.07) is 14.1. The topological polar surface area (TPSA) is 59.9 Å². The minimum atomic E-state index is -0.320. The predicted molar refractivity (Wildman–Crippen MR) is 88.8 cm³/mol. The van der Waals surface area contributed by atoms with Crippen LogP contribution in [0, 0.1) is 12.3 Å². The Balaban J connectivity index is 1.98. The van der Waals surface area contributed by atoms with Crippen molar-refractivity contribution in [1.82, 2.24) is 5.43 Å². The molecule has 0 aromatic heterocycles. The summed E-state index contributed by atoms with van der Waals surface area (Å²) < 4.78 is 10.4. The van der Waals surface area contributed by atoms with Gasteiger partial charge in [0.1, 0.15) is 18.1 Å². The zero-order valence-corrected chi connectivity index (χ0v) is 12.7. The summed E-state index contributed by atoms with van der Waals surface area (Å²) in [7, 11) is 1.55. The second-order valence-corrected chi connectivity index (χ2v) is 4.50. The fourth-order valence-electron chi connectivity index (χ4n) is 1.80. The molecule has 0 aliphatic heterocycles. The van der Waals surface area contributed by atoms with E-state index in [-0.39, 0.29) is 12.5 Å². The molecule has 2 aromatic rings. The Labute approximate surface area is 134 Å². The van der Waals surface area contributed by atoms with Crippen molar-refractivity contribution in [1.29, 1.82) is 0 Å². The zero-order chi connectivity index (χ0) is 16.5. The number of carbonyl (C=O) groups excluding carboxylic acids is 1. The molecule has 0 saturated carbocycles. The first kappa shape index (κ1) is 16.1. The van der Waals surface area contributed by atoms with Crippen LogP contribution in [0.4, 0.5) is 0 Å². The average molecular weight is 308 g/mol. The molecule has 2 aromatic carbocycles. The second-order valence-electron chi connectivity index (χ2n) is 4.50. The molecule has 0 aliphatic carbocycles. The van der Waals surface area contributed by atoms with Crippen LogP contribution in [0.5, 0.6) is 11.5 Å². The third-order valence-electron chi connectivity index (χ3n) is 2.89. The molecule has 0 bridgehead atoms. The first-order valence-corrected chi connectivity index (χ1v) is 6.86. The molecule has 1 amide bonds. The molecule has 0 unspecified atom stereocenters. The van der Waals surface area contributed by atoms with Gasteiger partial charge >= 0.3 is 0 Å².